The van der Waals surface area contributed by atoms with Gasteiger partial charge in [0, 0.05) is 44.3 Å². The van der Waals surface area contributed by atoms with E-state index in [2.05, 4.69) is 26.7 Å². The maximum Gasteiger partial charge on any atom is 0.522 e. The first-order chi connectivity index (χ1) is 14.8. The lowest BCUT2D eigenvalue weighted by Crippen LogP contribution is -2.42. The normalized spacial score (nSPS) is 25.4. The van der Waals surface area contributed by atoms with Gasteiger partial charge in [0.2, 0.25) is 11.8 Å². The number of carbonyl (C=O) groups excluding carboxylic acids is 2. The minimum atomic E-state index is -4.70. The van der Waals surface area contributed by atoms with E-state index in [1.807, 2.05) is 0 Å². The third-order valence-corrected chi connectivity index (χ3v) is 4.67. The fraction of sp³-hybridized carbons (Fsp3) is 0.778. The molecule has 2 amide bonds. The zero-order chi connectivity index (χ0) is 23.9. The molecule has 2 N–H and O–H groups in total. The van der Waals surface area contributed by atoms with Gasteiger partial charge < -0.3 is 20.1 Å². The highest BCUT2D eigenvalue weighted by Crippen LogP contribution is 2.32. The molecule has 2 aliphatic rings. The highest BCUT2D eigenvalue weighted by Gasteiger charge is 2.41. The molecular formula is C18H24F6N2O6. The van der Waals surface area contributed by atoms with Gasteiger partial charge in [-0.1, -0.05) is 6.58 Å². The van der Waals surface area contributed by atoms with E-state index in [0.29, 0.717) is 0 Å². The fourth-order valence-electron chi connectivity index (χ4n) is 2.96. The topological polar surface area (TPSA) is 95.1 Å². The zero-order valence-electron chi connectivity index (χ0n) is 16.9. The Kier molecular flexibility index (Phi) is 9.30. The second-order valence-corrected chi connectivity index (χ2v) is 7.43. The molecule has 0 unspecified atom stereocenters. The van der Waals surface area contributed by atoms with Crippen LogP contribution in [0.3, 0.4) is 0 Å². The number of amides is 2. The van der Waals surface area contributed by atoms with E-state index in [1.54, 1.807) is 0 Å². The number of alkyl halides is 6. The number of halogens is 6. The molecule has 0 saturated heterocycles. The molecule has 2 rings (SSSR count). The third kappa shape index (κ3) is 10.6. The molecule has 0 aromatic rings. The van der Waals surface area contributed by atoms with Gasteiger partial charge in [0.15, 0.2) is 0 Å². The van der Waals surface area contributed by atoms with Crippen molar-refractivity contribution in [1.82, 2.24) is 10.6 Å². The summed E-state index contributed by atoms with van der Waals surface area (Å²) in [4.78, 5) is 23.4. The largest absolute Gasteiger partial charge is 0.522 e. The number of ether oxygens (including phenoxy) is 4. The van der Waals surface area contributed by atoms with Crippen LogP contribution in [0.4, 0.5) is 26.3 Å². The number of rotatable bonds is 12. The molecule has 184 valence electrons. The molecule has 0 aliphatic heterocycles. The van der Waals surface area contributed by atoms with Crippen LogP contribution in [-0.4, -0.2) is 68.7 Å². The second-order valence-electron chi connectivity index (χ2n) is 7.43. The van der Waals surface area contributed by atoms with E-state index < -0.39 is 49.0 Å². The summed E-state index contributed by atoms with van der Waals surface area (Å²) in [5.74, 6) is -1.02. The summed E-state index contributed by atoms with van der Waals surface area (Å²) in [6.45, 7) is 3.07. The molecule has 0 atom stereocenters. The van der Waals surface area contributed by atoms with Crippen molar-refractivity contribution in [3.05, 3.63) is 12.3 Å². The third-order valence-electron chi connectivity index (χ3n) is 4.67. The summed E-state index contributed by atoms with van der Waals surface area (Å²) in [5.41, 5.74) is 0.290. The lowest BCUT2D eigenvalue weighted by Gasteiger charge is -2.34. The van der Waals surface area contributed by atoms with Gasteiger partial charge in [-0.3, -0.25) is 19.1 Å². The van der Waals surface area contributed by atoms with Crippen molar-refractivity contribution < 1.29 is 54.9 Å². The quantitative estimate of drug-likeness (QED) is 0.418. The predicted molar refractivity (Wildman–Crippen MR) is 94.7 cm³/mol. The Morgan fingerprint density at radius 3 is 1.66 bits per heavy atom. The van der Waals surface area contributed by atoms with Crippen molar-refractivity contribution in [3.8, 4) is 0 Å². The van der Waals surface area contributed by atoms with Crippen LogP contribution in [-0.2, 0) is 28.5 Å². The highest BCUT2D eigenvalue weighted by molar-refractivity contribution is 5.79. The van der Waals surface area contributed by atoms with Gasteiger partial charge >= 0.3 is 12.7 Å². The lowest BCUT2D eigenvalue weighted by atomic mass is 9.92. The van der Waals surface area contributed by atoms with E-state index in [9.17, 15) is 35.9 Å². The van der Waals surface area contributed by atoms with Crippen LogP contribution in [0.2, 0.25) is 0 Å². The maximum atomic E-state index is 12.0. The number of hydrogen-bond donors (Lipinski definition) is 2. The molecule has 0 spiro atoms. The van der Waals surface area contributed by atoms with Crippen LogP contribution >= 0.6 is 0 Å². The Morgan fingerprint density at radius 1 is 0.781 bits per heavy atom. The van der Waals surface area contributed by atoms with E-state index in [-0.39, 0.29) is 57.6 Å². The Bertz CT molecular complexity index is 659. The number of carbonyl (C=O) groups is 2. The molecule has 32 heavy (non-hydrogen) atoms. The van der Waals surface area contributed by atoms with Gasteiger partial charge in [0.1, 0.15) is 13.2 Å². The van der Waals surface area contributed by atoms with E-state index in [0.717, 1.165) is 0 Å². The number of hydrogen-bond acceptors (Lipinski definition) is 6. The van der Waals surface area contributed by atoms with Gasteiger partial charge in [-0.05, 0) is 0 Å². The summed E-state index contributed by atoms with van der Waals surface area (Å²) >= 11 is 0. The molecule has 2 fully saturated rings. The van der Waals surface area contributed by atoms with Crippen molar-refractivity contribution >= 4 is 11.8 Å². The van der Waals surface area contributed by atoms with Gasteiger partial charge in [-0.2, -0.15) is 0 Å². The predicted octanol–water partition coefficient (Wildman–Crippen LogP) is 2.29. The van der Waals surface area contributed by atoms with Crippen LogP contribution < -0.4 is 10.6 Å². The van der Waals surface area contributed by atoms with E-state index in [1.165, 1.54) is 0 Å². The fourth-order valence-corrected chi connectivity index (χ4v) is 2.96. The molecule has 0 aromatic carbocycles. The average molecular weight is 478 g/mol. The van der Waals surface area contributed by atoms with Crippen molar-refractivity contribution in [2.75, 3.05) is 19.8 Å². The Hall–Kier alpha value is -1.90. The van der Waals surface area contributed by atoms with Crippen LogP contribution in [0, 0.1) is 0 Å². The standard InChI is InChI=1S/C18H24F6N2O6/c1-10(26-16(28)9-30-12-6-14(7-12)32-18(22,23)24)2-3-25-15(27)8-29-11-4-13(5-11)31-17(19,20)21/h11-14H,1-9H2,(H,25,27)(H,26,28). The molecule has 0 radical (unpaired) electrons. The molecule has 0 bridgehead atoms. The van der Waals surface area contributed by atoms with Gasteiger partial charge in [0.25, 0.3) is 0 Å². The first kappa shape index (κ1) is 26.4. The molecular weight excluding hydrogens is 454 g/mol. The molecule has 2 saturated carbocycles. The maximum absolute atomic E-state index is 12.0. The summed E-state index contributed by atoms with van der Waals surface area (Å²) < 4.78 is 90.0. The Morgan fingerprint density at radius 2 is 1.22 bits per heavy atom. The van der Waals surface area contributed by atoms with Gasteiger partial charge in [-0.15, -0.1) is 26.3 Å². The second kappa shape index (κ2) is 11.3. The number of nitrogens with one attached hydrogen (secondary N) is 2. The molecule has 0 heterocycles. The molecule has 0 aromatic heterocycles. The minimum Gasteiger partial charge on any atom is -0.368 e. The summed E-state index contributed by atoms with van der Waals surface area (Å²) in [7, 11) is 0. The molecule has 8 nitrogen and oxygen atoms in total. The smallest absolute Gasteiger partial charge is 0.368 e. The van der Waals surface area contributed by atoms with Crippen molar-refractivity contribution in [2.45, 2.75) is 69.2 Å². The SMILES string of the molecule is C=C(CCNC(=O)COC1CC(OC(F)(F)F)C1)NC(=O)COC1CC(OC(F)(F)F)C1. The van der Waals surface area contributed by atoms with Crippen LogP contribution in [0.15, 0.2) is 12.3 Å². The van der Waals surface area contributed by atoms with Gasteiger partial charge in [-0.25, -0.2) is 0 Å². The monoisotopic (exact) mass is 478 g/mol. The van der Waals surface area contributed by atoms with Crippen LogP contribution in [0.25, 0.3) is 0 Å². The van der Waals surface area contributed by atoms with Crippen molar-refractivity contribution in [2.24, 2.45) is 0 Å². The van der Waals surface area contributed by atoms with E-state index >= 15 is 0 Å². The Labute approximate surface area is 179 Å². The first-order valence-electron chi connectivity index (χ1n) is 9.75. The average Bonchev–Trinajstić information content (AvgIpc) is 2.56. The lowest BCUT2D eigenvalue weighted by molar-refractivity contribution is -0.358. The zero-order valence-corrected chi connectivity index (χ0v) is 16.9. The summed E-state index contributed by atoms with van der Waals surface area (Å²) in [6, 6.07) is 0. The Balaban J connectivity index is 1.45. The van der Waals surface area contributed by atoms with Crippen LogP contribution in [0.1, 0.15) is 32.1 Å². The van der Waals surface area contributed by atoms with Crippen molar-refractivity contribution in [1.29, 1.82) is 0 Å². The highest BCUT2D eigenvalue weighted by atomic mass is 19.4. The first-order valence-corrected chi connectivity index (χ1v) is 9.75. The van der Waals surface area contributed by atoms with Crippen LogP contribution in [0.5, 0.6) is 0 Å². The van der Waals surface area contributed by atoms with Gasteiger partial charge in [0.05, 0.1) is 24.4 Å². The summed E-state index contributed by atoms with van der Waals surface area (Å²) in [6.07, 6.45) is -11.9. The molecule has 2 aliphatic carbocycles. The molecule has 14 heteroatoms. The minimum absolute atomic E-state index is 0.0404. The van der Waals surface area contributed by atoms with E-state index in [4.69, 9.17) is 9.47 Å². The van der Waals surface area contributed by atoms with Crippen molar-refractivity contribution in [3.63, 3.8) is 0 Å². The summed E-state index contributed by atoms with van der Waals surface area (Å²) in [5, 5.41) is 4.95.